The minimum absolute atomic E-state index is 0.323. The molecule has 1 aliphatic carbocycles. The van der Waals surface area contributed by atoms with Gasteiger partial charge >= 0.3 is 0 Å². The van der Waals surface area contributed by atoms with Crippen LogP contribution in [0, 0.1) is 6.92 Å². The molecule has 4 heterocycles. The summed E-state index contributed by atoms with van der Waals surface area (Å²) in [4.78, 5) is 13.7. The Morgan fingerprint density at radius 3 is 2.76 bits per heavy atom. The van der Waals surface area contributed by atoms with Crippen molar-refractivity contribution >= 4 is 22.6 Å². The molecule has 0 aliphatic heterocycles. The molecule has 1 aliphatic rings. The molecule has 8 nitrogen and oxygen atoms in total. The summed E-state index contributed by atoms with van der Waals surface area (Å²) in [5, 5.41) is 8.01. The van der Waals surface area contributed by atoms with Gasteiger partial charge in [0, 0.05) is 42.7 Å². The van der Waals surface area contributed by atoms with Crippen LogP contribution in [-0.4, -0.2) is 48.4 Å². The molecule has 0 spiro atoms. The summed E-state index contributed by atoms with van der Waals surface area (Å²) in [5.41, 5.74) is 4.87. The lowest BCUT2D eigenvalue weighted by atomic mass is 9.89. The van der Waals surface area contributed by atoms with Crippen LogP contribution in [0.15, 0.2) is 30.7 Å². The van der Waals surface area contributed by atoms with Gasteiger partial charge in [-0.15, -0.1) is 5.10 Å². The summed E-state index contributed by atoms with van der Waals surface area (Å²) in [5.74, 6) is 1.62. The van der Waals surface area contributed by atoms with E-state index in [9.17, 15) is 0 Å². The minimum atomic E-state index is 0.323. The van der Waals surface area contributed by atoms with Crippen LogP contribution in [0.4, 0.5) is 5.95 Å². The van der Waals surface area contributed by atoms with E-state index in [1.54, 1.807) is 7.11 Å². The zero-order valence-corrected chi connectivity index (χ0v) is 17.1. The Kier molecular flexibility index (Phi) is 4.24. The molecule has 1 saturated carbocycles. The quantitative estimate of drug-likeness (QED) is 0.560. The second-order valence-electron chi connectivity index (χ2n) is 8.00. The van der Waals surface area contributed by atoms with Gasteiger partial charge in [-0.25, -0.2) is 19.5 Å². The maximum Gasteiger partial charge on any atom is 0.241 e. The van der Waals surface area contributed by atoms with Crippen molar-refractivity contribution in [2.24, 2.45) is 0 Å². The molecule has 4 aromatic heterocycles. The molecule has 4 aromatic rings. The van der Waals surface area contributed by atoms with Crippen molar-refractivity contribution < 1.29 is 4.74 Å². The molecule has 0 unspecified atom stereocenters. The van der Waals surface area contributed by atoms with E-state index < -0.39 is 0 Å². The number of fused-ring (bicyclic) bond motifs is 2. The van der Waals surface area contributed by atoms with Crippen LogP contribution in [0.1, 0.15) is 38.6 Å². The smallest absolute Gasteiger partial charge is 0.241 e. The molecule has 29 heavy (non-hydrogen) atoms. The molecule has 1 N–H and O–H groups in total. The summed E-state index contributed by atoms with van der Waals surface area (Å²) >= 11 is 0. The lowest BCUT2D eigenvalue weighted by Gasteiger charge is -2.34. The number of ether oxygens (including phenoxy) is 1. The highest BCUT2D eigenvalue weighted by atomic mass is 16.5. The van der Waals surface area contributed by atoms with Gasteiger partial charge in [0.2, 0.25) is 5.95 Å². The van der Waals surface area contributed by atoms with Crippen LogP contribution >= 0.6 is 0 Å². The predicted octanol–water partition coefficient (Wildman–Crippen LogP) is 3.62. The highest BCUT2D eigenvalue weighted by molar-refractivity contribution is 5.85. The van der Waals surface area contributed by atoms with Gasteiger partial charge in [-0.2, -0.15) is 0 Å². The number of imidazole rings is 1. The Hall–Kier alpha value is -3.00. The van der Waals surface area contributed by atoms with E-state index in [1.165, 1.54) is 0 Å². The summed E-state index contributed by atoms with van der Waals surface area (Å²) in [6.07, 6.45) is 8.03. The molecular formula is C21H25N7O. The fraction of sp³-hybridized carbons (Fsp3) is 0.429. The second kappa shape index (κ2) is 6.81. The number of aryl methyl sites for hydroxylation is 1. The fourth-order valence-corrected chi connectivity index (χ4v) is 4.16. The molecule has 1 fully saturated rings. The lowest BCUT2D eigenvalue weighted by molar-refractivity contribution is 0.0326. The Bertz CT molecular complexity index is 1190. The van der Waals surface area contributed by atoms with Crippen LogP contribution in [0.3, 0.4) is 0 Å². The number of anilines is 1. The normalized spacial score (nSPS) is 19.2. The molecule has 0 atom stereocenters. The average molecular weight is 391 g/mol. The van der Waals surface area contributed by atoms with E-state index in [1.807, 2.05) is 30.0 Å². The number of aromatic nitrogens is 6. The highest BCUT2D eigenvalue weighted by Gasteiger charge is 2.29. The van der Waals surface area contributed by atoms with E-state index in [0.717, 1.165) is 46.5 Å². The number of nitrogens with one attached hydrogen (secondary N) is 1. The Labute approximate surface area is 168 Å². The molecular weight excluding hydrogens is 366 g/mol. The average Bonchev–Trinajstić information content (AvgIpc) is 3.23. The van der Waals surface area contributed by atoms with Gasteiger partial charge in [0.05, 0.1) is 23.3 Å². The van der Waals surface area contributed by atoms with E-state index in [4.69, 9.17) is 4.74 Å². The molecule has 150 valence electrons. The molecule has 0 aromatic carbocycles. The maximum absolute atomic E-state index is 5.33. The third kappa shape index (κ3) is 3.04. The number of rotatable bonds is 5. The summed E-state index contributed by atoms with van der Waals surface area (Å²) in [6.45, 7) is 6.34. The van der Waals surface area contributed by atoms with Crippen molar-refractivity contribution in [3.8, 4) is 11.1 Å². The molecule has 0 saturated heterocycles. The van der Waals surface area contributed by atoms with E-state index in [-0.39, 0.29) is 0 Å². The SMILES string of the molecule is CO[C@H]1C[C@@H](Nc2ncc3c(-c4cnc5nc(C)n(C(C)C)c5c4)ccn3n2)C1. The molecule has 0 radical (unpaired) electrons. The van der Waals surface area contributed by atoms with Crippen molar-refractivity contribution in [1.82, 2.24) is 29.1 Å². The van der Waals surface area contributed by atoms with Crippen molar-refractivity contribution in [1.29, 1.82) is 0 Å². The van der Waals surface area contributed by atoms with Crippen molar-refractivity contribution in [2.45, 2.75) is 51.8 Å². The van der Waals surface area contributed by atoms with Crippen LogP contribution in [0.25, 0.3) is 27.8 Å². The molecule has 0 bridgehead atoms. The second-order valence-corrected chi connectivity index (χ2v) is 8.00. The first-order chi connectivity index (χ1) is 14.0. The predicted molar refractivity (Wildman–Crippen MR) is 112 cm³/mol. The molecule has 5 rings (SSSR count). The van der Waals surface area contributed by atoms with Gasteiger partial charge in [0.1, 0.15) is 5.82 Å². The number of methoxy groups -OCH3 is 1. The topological polar surface area (TPSA) is 82.2 Å². The zero-order valence-electron chi connectivity index (χ0n) is 17.1. The van der Waals surface area contributed by atoms with Crippen LogP contribution in [0.5, 0.6) is 0 Å². The maximum atomic E-state index is 5.33. The monoisotopic (exact) mass is 391 g/mol. The fourth-order valence-electron chi connectivity index (χ4n) is 4.16. The third-order valence-corrected chi connectivity index (χ3v) is 5.73. The Morgan fingerprint density at radius 1 is 1.17 bits per heavy atom. The first-order valence-electron chi connectivity index (χ1n) is 10.0. The Balaban J connectivity index is 1.48. The standard InChI is InChI=1S/C21H25N7O/c1-12(2)28-13(3)24-20-18(28)7-14(10-22-20)17-5-6-27-19(17)11-23-21(26-27)25-15-8-16(9-15)29-4/h5-7,10-12,15-16H,8-9H2,1-4H3,(H,25,26)/t15-,16+. The summed E-state index contributed by atoms with van der Waals surface area (Å²) < 4.78 is 9.42. The molecule has 0 amide bonds. The number of hydrogen-bond donors (Lipinski definition) is 1. The Morgan fingerprint density at radius 2 is 2.00 bits per heavy atom. The number of nitrogens with zero attached hydrogens (tertiary/aromatic N) is 6. The lowest BCUT2D eigenvalue weighted by Crippen LogP contribution is -2.40. The van der Waals surface area contributed by atoms with Crippen LogP contribution < -0.4 is 5.32 Å². The van der Waals surface area contributed by atoms with E-state index >= 15 is 0 Å². The van der Waals surface area contributed by atoms with Crippen LogP contribution in [-0.2, 0) is 4.74 Å². The zero-order chi connectivity index (χ0) is 20.1. The number of hydrogen-bond acceptors (Lipinski definition) is 6. The molecule has 8 heteroatoms. The highest BCUT2D eigenvalue weighted by Crippen LogP contribution is 2.29. The van der Waals surface area contributed by atoms with Gasteiger partial charge in [0.25, 0.3) is 0 Å². The van der Waals surface area contributed by atoms with Gasteiger partial charge in [-0.05, 0) is 45.7 Å². The van der Waals surface area contributed by atoms with Gasteiger partial charge in [0.15, 0.2) is 5.65 Å². The summed E-state index contributed by atoms with van der Waals surface area (Å²) in [6, 6.07) is 4.91. The minimum Gasteiger partial charge on any atom is -0.381 e. The van der Waals surface area contributed by atoms with Crippen molar-refractivity contribution in [2.75, 3.05) is 12.4 Å². The first kappa shape index (κ1) is 18.1. The summed E-state index contributed by atoms with van der Waals surface area (Å²) in [7, 11) is 1.76. The van der Waals surface area contributed by atoms with Crippen molar-refractivity contribution in [3.05, 3.63) is 36.5 Å². The van der Waals surface area contributed by atoms with Crippen molar-refractivity contribution in [3.63, 3.8) is 0 Å². The van der Waals surface area contributed by atoms with Crippen LogP contribution in [0.2, 0.25) is 0 Å². The number of pyridine rings is 1. The first-order valence-corrected chi connectivity index (χ1v) is 10.0. The van der Waals surface area contributed by atoms with Gasteiger partial charge in [-0.3, -0.25) is 0 Å². The van der Waals surface area contributed by atoms with Gasteiger partial charge in [-0.1, -0.05) is 0 Å². The third-order valence-electron chi connectivity index (χ3n) is 5.73. The van der Waals surface area contributed by atoms with Gasteiger partial charge < -0.3 is 14.6 Å². The largest absolute Gasteiger partial charge is 0.381 e. The van der Waals surface area contributed by atoms with E-state index in [0.29, 0.717) is 24.1 Å². The van der Waals surface area contributed by atoms with E-state index in [2.05, 4.69) is 55.9 Å².